The minimum Gasteiger partial charge on any atom is -0.398 e. The fourth-order valence-corrected chi connectivity index (χ4v) is 2.96. The maximum atomic E-state index is 13.9. The Morgan fingerprint density at radius 2 is 2.10 bits per heavy atom. The summed E-state index contributed by atoms with van der Waals surface area (Å²) in [7, 11) is 0. The van der Waals surface area contributed by atoms with E-state index in [0.29, 0.717) is 17.1 Å². The Hall–Kier alpha value is -1.74. The first-order chi connectivity index (χ1) is 9.65. The zero-order valence-electron chi connectivity index (χ0n) is 11.1. The van der Waals surface area contributed by atoms with E-state index < -0.39 is 0 Å². The molecule has 2 N–H and O–H groups in total. The third-order valence-corrected chi connectivity index (χ3v) is 3.99. The highest BCUT2D eigenvalue weighted by Gasteiger charge is 2.19. The van der Waals surface area contributed by atoms with Gasteiger partial charge in [0.25, 0.3) is 0 Å². The summed E-state index contributed by atoms with van der Waals surface area (Å²) in [6, 6.07) is 10.6. The van der Waals surface area contributed by atoms with E-state index >= 15 is 0 Å². The van der Waals surface area contributed by atoms with Crippen LogP contribution in [0.15, 0.2) is 36.4 Å². The molecule has 0 aliphatic carbocycles. The number of benzene rings is 2. The molecule has 1 aliphatic rings. The van der Waals surface area contributed by atoms with E-state index in [4.69, 9.17) is 17.3 Å². The van der Waals surface area contributed by atoms with Gasteiger partial charge >= 0.3 is 0 Å². The van der Waals surface area contributed by atoms with E-state index in [0.717, 1.165) is 30.8 Å². The number of hydrogen-bond acceptors (Lipinski definition) is 2. The van der Waals surface area contributed by atoms with Gasteiger partial charge in [-0.3, -0.25) is 0 Å². The molecule has 0 saturated carbocycles. The minimum absolute atomic E-state index is 0.217. The molecule has 0 aromatic heterocycles. The second-order valence-corrected chi connectivity index (χ2v) is 5.54. The molecule has 0 radical (unpaired) electrons. The molecule has 3 rings (SSSR count). The molecule has 2 aromatic carbocycles. The van der Waals surface area contributed by atoms with Crippen LogP contribution in [0.5, 0.6) is 0 Å². The van der Waals surface area contributed by atoms with Crippen molar-refractivity contribution in [3.05, 3.63) is 58.4 Å². The highest BCUT2D eigenvalue weighted by molar-refractivity contribution is 6.30. The molecule has 2 nitrogen and oxygen atoms in total. The Morgan fingerprint density at radius 3 is 2.95 bits per heavy atom. The molecule has 0 atom stereocenters. The SMILES string of the molecule is Nc1cccc2c1CCCN2Cc1cc(Cl)ccc1F. The second kappa shape index (κ2) is 5.33. The maximum absolute atomic E-state index is 13.9. The molecule has 0 spiro atoms. The highest BCUT2D eigenvalue weighted by atomic mass is 35.5. The summed E-state index contributed by atoms with van der Waals surface area (Å²) in [6.45, 7) is 1.42. The topological polar surface area (TPSA) is 29.3 Å². The van der Waals surface area contributed by atoms with Gasteiger partial charge in [0.1, 0.15) is 5.82 Å². The molecular weight excluding hydrogens is 275 g/mol. The largest absolute Gasteiger partial charge is 0.398 e. The molecule has 20 heavy (non-hydrogen) atoms. The van der Waals surface area contributed by atoms with Crippen LogP contribution in [0, 0.1) is 5.82 Å². The fourth-order valence-electron chi connectivity index (χ4n) is 2.76. The van der Waals surface area contributed by atoms with E-state index in [9.17, 15) is 4.39 Å². The first-order valence-corrected chi connectivity index (χ1v) is 7.09. The highest BCUT2D eigenvalue weighted by Crippen LogP contribution is 2.32. The number of hydrogen-bond donors (Lipinski definition) is 1. The molecule has 104 valence electrons. The van der Waals surface area contributed by atoms with Crippen LogP contribution in [0.3, 0.4) is 0 Å². The van der Waals surface area contributed by atoms with E-state index in [2.05, 4.69) is 4.90 Å². The number of halogens is 2. The number of nitrogens with two attached hydrogens (primary N) is 1. The van der Waals surface area contributed by atoms with Crippen LogP contribution >= 0.6 is 11.6 Å². The lowest BCUT2D eigenvalue weighted by molar-refractivity contribution is 0.598. The summed E-state index contributed by atoms with van der Waals surface area (Å²) in [5.74, 6) is -0.217. The van der Waals surface area contributed by atoms with Crippen molar-refractivity contribution in [3.8, 4) is 0 Å². The van der Waals surface area contributed by atoms with Crippen molar-refractivity contribution >= 4 is 23.0 Å². The lowest BCUT2D eigenvalue weighted by atomic mass is 9.99. The van der Waals surface area contributed by atoms with Gasteiger partial charge in [-0.1, -0.05) is 17.7 Å². The number of rotatable bonds is 2. The van der Waals surface area contributed by atoms with Gasteiger partial charge in [-0.25, -0.2) is 4.39 Å². The molecule has 1 heterocycles. The predicted molar refractivity (Wildman–Crippen MR) is 81.6 cm³/mol. The van der Waals surface area contributed by atoms with Gasteiger partial charge in [0.15, 0.2) is 0 Å². The van der Waals surface area contributed by atoms with Crippen LogP contribution in [0.2, 0.25) is 5.02 Å². The van der Waals surface area contributed by atoms with E-state index in [-0.39, 0.29) is 5.82 Å². The van der Waals surface area contributed by atoms with Crippen molar-refractivity contribution in [1.82, 2.24) is 0 Å². The predicted octanol–water partition coefficient (Wildman–Crippen LogP) is 4.01. The van der Waals surface area contributed by atoms with Gasteiger partial charge in [-0.2, -0.15) is 0 Å². The average molecular weight is 291 g/mol. The standard InChI is InChI=1S/C16H16ClFN2/c17-12-6-7-14(18)11(9-12)10-20-8-2-3-13-15(19)4-1-5-16(13)20/h1,4-7,9H,2-3,8,10,19H2. The van der Waals surface area contributed by atoms with Crippen molar-refractivity contribution in [3.63, 3.8) is 0 Å². The van der Waals surface area contributed by atoms with Gasteiger partial charge in [-0.15, -0.1) is 0 Å². The van der Waals surface area contributed by atoms with Crippen molar-refractivity contribution in [2.45, 2.75) is 19.4 Å². The van der Waals surface area contributed by atoms with Crippen LogP contribution in [-0.2, 0) is 13.0 Å². The Bertz CT molecular complexity index is 642. The number of nitrogen functional groups attached to an aromatic ring is 1. The molecule has 0 bridgehead atoms. The first kappa shape index (κ1) is 13.3. The number of fused-ring (bicyclic) bond motifs is 1. The lowest BCUT2D eigenvalue weighted by Crippen LogP contribution is -2.29. The lowest BCUT2D eigenvalue weighted by Gasteiger charge is -2.32. The van der Waals surface area contributed by atoms with Crippen LogP contribution in [0.4, 0.5) is 15.8 Å². The average Bonchev–Trinajstić information content (AvgIpc) is 2.44. The molecule has 0 unspecified atom stereocenters. The van der Waals surface area contributed by atoms with Gasteiger partial charge < -0.3 is 10.6 Å². The Kier molecular flexibility index (Phi) is 3.53. The molecule has 1 aliphatic heterocycles. The van der Waals surface area contributed by atoms with Gasteiger partial charge in [-0.05, 0) is 48.7 Å². The smallest absolute Gasteiger partial charge is 0.128 e. The summed E-state index contributed by atoms with van der Waals surface area (Å²) >= 11 is 5.95. The van der Waals surface area contributed by atoms with Crippen LogP contribution < -0.4 is 10.6 Å². The van der Waals surface area contributed by atoms with Gasteiger partial charge in [0.05, 0.1) is 0 Å². The van der Waals surface area contributed by atoms with Gasteiger partial charge in [0.2, 0.25) is 0 Å². The third-order valence-electron chi connectivity index (χ3n) is 3.75. The Labute approximate surface area is 123 Å². The Balaban J connectivity index is 1.94. The summed E-state index contributed by atoms with van der Waals surface area (Å²) in [5, 5.41) is 0.561. The zero-order chi connectivity index (χ0) is 14.1. The summed E-state index contributed by atoms with van der Waals surface area (Å²) in [4.78, 5) is 2.17. The normalized spacial score (nSPS) is 14.2. The summed E-state index contributed by atoms with van der Waals surface area (Å²) < 4.78 is 13.9. The van der Waals surface area contributed by atoms with Crippen molar-refractivity contribution < 1.29 is 4.39 Å². The molecule has 0 saturated heterocycles. The molecular formula is C16H16ClFN2. The molecule has 4 heteroatoms. The number of nitrogens with zero attached hydrogens (tertiary/aromatic N) is 1. The fraction of sp³-hybridized carbons (Fsp3) is 0.250. The number of anilines is 2. The van der Waals surface area contributed by atoms with Gasteiger partial charge in [0, 0.05) is 35.1 Å². The molecule has 2 aromatic rings. The second-order valence-electron chi connectivity index (χ2n) is 5.11. The van der Waals surface area contributed by atoms with Crippen LogP contribution in [0.1, 0.15) is 17.5 Å². The van der Waals surface area contributed by atoms with Crippen LogP contribution in [0.25, 0.3) is 0 Å². The van der Waals surface area contributed by atoms with E-state index in [1.807, 2.05) is 18.2 Å². The van der Waals surface area contributed by atoms with Crippen molar-refractivity contribution in [1.29, 1.82) is 0 Å². The molecule has 0 amide bonds. The zero-order valence-corrected chi connectivity index (χ0v) is 11.8. The van der Waals surface area contributed by atoms with E-state index in [1.54, 1.807) is 12.1 Å². The minimum atomic E-state index is -0.217. The van der Waals surface area contributed by atoms with Crippen molar-refractivity contribution in [2.75, 3.05) is 17.2 Å². The maximum Gasteiger partial charge on any atom is 0.128 e. The monoisotopic (exact) mass is 290 g/mol. The first-order valence-electron chi connectivity index (χ1n) is 6.71. The van der Waals surface area contributed by atoms with Crippen molar-refractivity contribution in [2.24, 2.45) is 0 Å². The van der Waals surface area contributed by atoms with E-state index in [1.165, 1.54) is 11.6 Å². The van der Waals surface area contributed by atoms with Crippen LogP contribution in [-0.4, -0.2) is 6.54 Å². The summed E-state index contributed by atoms with van der Waals surface area (Å²) in [5.41, 5.74) is 9.74. The Morgan fingerprint density at radius 1 is 1.25 bits per heavy atom. The third kappa shape index (κ3) is 2.46. The quantitative estimate of drug-likeness (QED) is 0.847. The molecule has 0 fully saturated rings. The summed E-state index contributed by atoms with van der Waals surface area (Å²) in [6.07, 6.45) is 2.01.